The Morgan fingerprint density at radius 2 is 1.61 bits per heavy atom. The maximum atomic E-state index is 12.5. The van der Waals surface area contributed by atoms with Crippen LogP contribution < -0.4 is 10.1 Å². The zero-order valence-electron chi connectivity index (χ0n) is 16.5. The van der Waals surface area contributed by atoms with Crippen molar-refractivity contribution in [2.24, 2.45) is 5.10 Å². The van der Waals surface area contributed by atoms with Gasteiger partial charge >= 0.3 is 0 Å². The van der Waals surface area contributed by atoms with Crippen LogP contribution in [0, 0.1) is 0 Å². The molecule has 0 atom stereocenters. The van der Waals surface area contributed by atoms with E-state index in [1.807, 2.05) is 18.2 Å². The zero-order valence-corrected chi connectivity index (χ0v) is 18.9. The van der Waals surface area contributed by atoms with Gasteiger partial charge in [-0.25, -0.2) is 13.8 Å². The number of fused-ring (bicyclic) bond motifs is 1. The minimum atomic E-state index is -3.71. The van der Waals surface area contributed by atoms with Gasteiger partial charge < -0.3 is 0 Å². The van der Waals surface area contributed by atoms with E-state index in [2.05, 4.69) is 37.2 Å². The summed E-state index contributed by atoms with van der Waals surface area (Å²) in [6.07, 6.45) is 2.83. The molecule has 0 radical (unpaired) electrons. The van der Waals surface area contributed by atoms with Crippen LogP contribution in [0.25, 0.3) is 0 Å². The lowest BCUT2D eigenvalue weighted by Gasteiger charge is -2.17. The summed E-state index contributed by atoms with van der Waals surface area (Å²) in [4.78, 5) is 12.6. The second-order valence-electron chi connectivity index (χ2n) is 7.15. The molecule has 0 saturated carbocycles. The van der Waals surface area contributed by atoms with Crippen LogP contribution in [0.3, 0.4) is 0 Å². The standard InChI is InChI=1S/C23H20BrN3O3S/c24-18-10-14-20(15-11-18)31(29,30)27-19-12-8-17(9-13-19)23(28)26-25-22-7-3-5-16-4-1-2-6-21(16)22/h1-2,4,6,8-15,27H,3,5,7H2,(H,26,28)/b25-22+. The number of sulfonamides is 1. The Labute approximate surface area is 189 Å². The van der Waals surface area contributed by atoms with Crippen molar-refractivity contribution in [1.29, 1.82) is 0 Å². The smallest absolute Gasteiger partial charge is 0.271 e. The third-order valence-corrected chi connectivity index (χ3v) is 6.93. The number of anilines is 1. The fraction of sp³-hybridized carbons (Fsp3) is 0.130. The lowest BCUT2D eigenvalue weighted by molar-refractivity contribution is 0.0954. The summed E-state index contributed by atoms with van der Waals surface area (Å²) in [6, 6.07) is 20.6. The number of carbonyl (C=O) groups excluding carboxylic acids is 1. The van der Waals surface area contributed by atoms with Gasteiger partial charge in [0, 0.05) is 21.3 Å². The molecule has 3 aromatic carbocycles. The van der Waals surface area contributed by atoms with E-state index in [-0.39, 0.29) is 10.8 Å². The van der Waals surface area contributed by atoms with E-state index in [0.29, 0.717) is 11.3 Å². The van der Waals surface area contributed by atoms with Gasteiger partial charge in [0.05, 0.1) is 10.6 Å². The van der Waals surface area contributed by atoms with Crippen molar-refractivity contribution >= 4 is 43.3 Å². The molecular formula is C23H20BrN3O3S. The van der Waals surface area contributed by atoms with Crippen molar-refractivity contribution in [2.75, 3.05) is 4.72 Å². The Balaban J connectivity index is 1.44. The summed E-state index contributed by atoms with van der Waals surface area (Å²) in [6.45, 7) is 0. The van der Waals surface area contributed by atoms with Crippen molar-refractivity contribution in [1.82, 2.24) is 5.43 Å². The third kappa shape index (κ3) is 5.03. The lowest BCUT2D eigenvalue weighted by Crippen LogP contribution is -2.22. The summed E-state index contributed by atoms with van der Waals surface area (Å²) in [5.74, 6) is -0.349. The molecule has 158 valence electrons. The van der Waals surface area contributed by atoms with E-state index in [0.717, 1.165) is 35.0 Å². The normalized spacial score (nSPS) is 14.7. The minimum absolute atomic E-state index is 0.154. The first kappa shape index (κ1) is 21.3. The molecule has 4 rings (SSSR count). The number of hydrazone groups is 1. The summed E-state index contributed by atoms with van der Waals surface area (Å²) in [5, 5.41) is 4.33. The van der Waals surface area contributed by atoms with E-state index in [1.54, 1.807) is 36.4 Å². The molecule has 1 aliphatic rings. The molecule has 6 nitrogen and oxygen atoms in total. The highest BCUT2D eigenvalue weighted by Crippen LogP contribution is 2.22. The molecule has 3 aromatic rings. The minimum Gasteiger partial charge on any atom is -0.280 e. The molecule has 0 saturated heterocycles. The van der Waals surface area contributed by atoms with Crippen LogP contribution in [0.2, 0.25) is 0 Å². The fourth-order valence-corrected chi connectivity index (χ4v) is 4.74. The first-order valence-corrected chi connectivity index (χ1v) is 12.0. The maximum absolute atomic E-state index is 12.5. The molecule has 31 heavy (non-hydrogen) atoms. The predicted octanol–water partition coefficient (Wildman–Crippen LogP) is 4.72. The molecular weight excluding hydrogens is 478 g/mol. The highest BCUT2D eigenvalue weighted by Gasteiger charge is 2.16. The molecule has 2 N–H and O–H groups in total. The van der Waals surface area contributed by atoms with Crippen LogP contribution in [0.1, 0.15) is 34.3 Å². The zero-order chi connectivity index (χ0) is 21.8. The molecule has 0 spiro atoms. The van der Waals surface area contributed by atoms with Gasteiger partial charge in [0.1, 0.15) is 0 Å². The maximum Gasteiger partial charge on any atom is 0.271 e. The number of hydrogen-bond acceptors (Lipinski definition) is 4. The van der Waals surface area contributed by atoms with Crippen LogP contribution in [0.4, 0.5) is 5.69 Å². The lowest BCUT2D eigenvalue weighted by atomic mass is 9.90. The number of benzene rings is 3. The van der Waals surface area contributed by atoms with Gasteiger partial charge in [-0.3, -0.25) is 9.52 Å². The second-order valence-corrected chi connectivity index (χ2v) is 9.74. The summed E-state index contributed by atoms with van der Waals surface area (Å²) in [7, 11) is -3.71. The number of rotatable bonds is 5. The first-order valence-electron chi connectivity index (χ1n) is 9.76. The Morgan fingerprint density at radius 1 is 0.903 bits per heavy atom. The Bertz CT molecular complexity index is 1240. The van der Waals surface area contributed by atoms with Crippen LogP contribution in [-0.4, -0.2) is 20.0 Å². The van der Waals surface area contributed by atoms with Crippen molar-refractivity contribution in [3.8, 4) is 0 Å². The average molecular weight is 498 g/mol. The number of nitrogens with one attached hydrogen (secondary N) is 2. The number of halogens is 1. The predicted molar refractivity (Wildman–Crippen MR) is 125 cm³/mol. The highest BCUT2D eigenvalue weighted by molar-refractivity contribution is 9.10. The van der Waals surface area contributed by atoms with E-state index in [9.17, 15) is 13.2 Å². The SMILES string of the molecule is O=C(N/N=C1\CCCc2ccccc21)c1ccc(NS(=O)(=O)c2ccc(Br)cc2)cc1. The third-order valence-electron chi connectivity index (χ3n) is 5.00. The second kappa shape index (κ2) is 9.03. The molecule has 0 bridgehead atoms. The summed E-state index contributed by atoms with van der Waals surface area (Å²) >= 11 is 3.28. The molecule has 1 aliphatic carbocycles. The summed E-state index contributed by atoms with van der Waals surface area (Å²) in [5.41, 5.74) is 6.56. The van der Waals surface area contributed by atoms with Crippen LogP contribution in [0.5, 0.6) is 0 Å². The number of aryl methyl sites for hydroxylation is 1. The van der Waals surface area contributed by atoms with Gasteiger partial charge in [0.15, 0.2) is 0 Å². The molecule has 0 aliphatic heterocycles. The van der Waals surface area contributed by atoms with Crippen LogP contribution >= 0.6 is 15.9 Å². The number of carbonyl (C=O) groups is 1. The number of nitrogens with zero attached hydrogens (tertiary/aromatic N) is 1. The Hall–Kier alpha value is -2.97. The molecule has 8 heteroatoms. The quantitative estimate of drug-likeness (QED) is 0.499. The Morgan fingerprint density at radius 3 is 2.35 bits per heavy atom. The van der Waals surface area contributed by atoms with E-state index in [4.69, 9.17) is 0 Å². The van der Waals surface area contributed by atoms with E-state index < -0.39 is 10.0 Å². The van der Waals surface area contributed by atoms with Gasteiger partial charge in [-0.05, 0) is 73.4 Å². The number of hydrogen-bond donors (Lipinski definition) is 2. The van der Waals surface area contributed by atoms with Crippen LogP contribution in [-0.2, 0) is 16.4 Å². The molecule has 0 fully saturated rings. The average Bonchev–Trinajstić information content (AvgIpc) is 2.78. The van der Waals surface area contributed by atoms with Crippen molar-refractivity contribution in [3.05, 3.63) is 94.0 Å². The van der Waals surface area contributed by atoms with E-state index in [1.165, 1.54) is 17.7 Å². The molecule has 0 aromatic heterocycles. The summed E-state index contributed by atoms with van der Waals surface area (Å²) < 4.78 is 28.3. The van der Waals surface area contributed by atoms with Gasteiger partial charge in [-0.15, -0.1) is 0 Å². The van der Waals surface area contributed by atoms with Gasteiger partial charge in [-0.1, -0.05) is 40.2 Å². The number of amides is 1. The Kier molecular flexibility index (Phi) is 6.20. The van der Waals surface area contributed by atoms with Gasteiger partial charge in [-0.2, -0.15) is 5.10 Å². The van der Waals surface area contributed by atoms with Crippen molar-refractivity contribution in [2.45, 2.75) is 24.2 Å². The van der Waals surface area contributed by atoms with Crippen molar-refractivity contribution < 1.29 is 13.2 Å². The molecule has 0 unspecified atom stereocenters. The topological polar surface area (TPSA) is 87.6 Å². The fourth-order valence-electron chi connectivity index (χ4n) is 3.42. The largest absolute Gasteiger partial charge is 0.280 e. The van der Waals surface area contributed by atoms with Gasteiger partial charge in [0.2, 0.25) is 0 Å². The first-order chi connectivity index (χ1) is 14.9. The molecule has 1 amide bonds. The monoisotopic (exact) mass is 497 g/mol. The van der Waals surface area contributed by atoms with Gasteiger partial charge in [0.25, 0.3) is 15.9 Å². The van der Waals surface area contributed by atoms with Crippen LogP contribution in [0.15, 0.2) is 87.3 Å². The molecule has 0 heterocycles. The van der Waals surface area contributed by atoms with E-state index >= 15 is 0 Å². The van der Waals surface area contributed by atoms with Crippen molar-refractivity contribution in [3.63, 3.8) is 0 Å². The highest BCUT2D eigenvalue weighted by atomic mass is 79.9.